The summed E-state index contributed by atoms with van der Waals surface area (Å²) in [6.07, 6.45) is 5.51. The average Bonchev–Trinajstić information content (AvgIpc) is 2.63. The molecule has 0 spiro atoms. The zero-order valence-corrected chi connectivity index (χ0v) is 16.8. The van der Waals surface area contributed by atoms with Crippen LogP contribution in [-0.2, 0) is 6.42 Å². The lowest BCUT2D eigenvalue weighted by Gasteiger charge is -2.38. The van der Waals surface area contributed by atoms with Crippen LogP contribution in [0.3, 0.4) is 0 Å². The quantitative estimate of drug-likeness (QED) is 0.343. The molecule has 2 aliphatic carbocycles. The minimum atomic E-state index is -1.57. The minimum absolute atomic E-state index is 0.359. The average molecular weight is 325 g/mol. The Kier molecular flexibility index (Phi) is 5.20. The van der Waals surface area contributed by atoms with Crippen molar-refractivity contribution in [3.8, 4) is 11.1 Å². The van der Waals surface area contributed by atoms with Crippen LogP contribution in [0.1, 0.15) is 44.7 Å². The van der Waals surface area contributed by atoms with E-state index in [1.165, 1.54) is 29.5 Å². The third-order valence-corrected chi connectivity index (χ3v) is 11.5. The largest absolute Gasteiger partial charge is 0.103 e. The lowest BCUT2D eigenvalue weighted by molar-refractivity contribution is 0.728. The first-order valence-electron chi connectivity index (χ1n) is 8.83. The summed E-state index contributed by atoms with van der Waals surface area (Å²) >= 11 is 0. The van der Waals surface area contributed by atoms with Gasteiger partial charge in [-0.2, -0.15) is 0 Å². The Morgan fingerprint density at radius 1 is 1.04 bits per heavy atom. The topological polar surface area (TPSA) is 0 Å². The summed E-state index contributed by atoms with van der Waals surface area (Å²) in [4.78, 5) is 0. The van der Waals surface area contributed by atoms with E-state index in [0.29, 0.717) is 5.04 Å². The maximum Gasteiger partial charge on any atom is 0.0866 e. The summed E-state index contributed by atoms with van der Waals surface area (Å²) in [5.41, 5.74) is 6.05. The van der Waals surface area contributed by atoms with Gasteiger partial charge in [0.25, 0.3) is 0 Å². The van der Waals surface area contributed by atoms with Gasteiger partial charge < -0.3 is 0 Å². The molecule has 2 rings (SSSR count). The maximum atomic E-state index is 3.89. The monoisotopic (exact) mass is 324 g/mol. The molecular weight excluding hydrogens is 292 g/mol. The van der Waals surface area contributed by atoms with Gasteiger partial charge in [0.2, 0.25) is 0 Å². The van der Waals surface area contributed by atoms with Crippen molar-refractivity contribution in [1.82, 2.24) is 0 Å². The van der Waals surface area contributed by atoms with Crippen molar-refractivity contribution in [2.75, 3.05) is 0 Å². The van der Waals surface area contributed by atoms with E-state index in [1.807, 2.05) is 6.08 Å². The molecule has 0 radical (unpaired) electrons. The molecule has 0 saturated carbocycles. The fourth-order valence-electron chi connectivity index (χ4n) is 3.54. The van der Waals surface area contributed by atoms with Crippen LogP contribution in [-0.4, -0.2) is 8.07 Å². The van der Waals surface area contributed by atoms with Crippen molar-refractivity contribution < 1.29 is 0 Å². The molecule has 0 heterocycles. The summed E-state index contributed by atoms with van der Waals surface area (Å²) in [5, 5.41) is 2.06. The van der Waals surface area contributed by atoms with Crippen molar-refractivity contribution in [3.63, 3.8) is 0 Å². The fourth-order valence-corrected chi connectivity index (χ4v) is 6.37. The number of rotatable bonds is 5. The Morgan fingerprint density at radius 3 is 2.22 bits per heavy atom. The second kappa shape index (κ2) is 6.65. The van der Waals surface area contributed by atoms with Gasteiger partial charge in [-0.3, -0.25) is 0 Å². The molecule has 2 aliphatic rings. The number of hydrogen-bond acceptors (Lipinski definition) is 0. The molecule has 23 heavy (non-hydrogen) atoms. The van der Waals surface area contributed by atoms with Gasteiger partial charge in [-0.25, -0.2) is 0 Å². The number of allylic oxidation sites excluding steroid dienone is 1. The smallest absolute Gasteiger partial charge is 0.0866 e. The molecule has 0 unspecified atom stereocenters. The molecule has 0 saturated heterocycles. The van der Waals surface area contributed by atoms with E-state index in [9.17, 15) is 0 Å². The van der Waals surface area contributed by atoms with Crippen LogP contribution < -0.4 is 5.19 Å². The predicted octanol–water partition coefficient (Wildman–Crippen LogP) is 6.32. The van der Waals surface area contributed by atoms with E-state index in [1.54, 1.807) is 10.8 Å². The molecule has 1 heteroatoms. The molecule has 0 aromatic carbocycles. The van der Waals surface area contributed by atoms with Gasteiger partial charge in [-0.05, 0) is 53.5 Å². The zero-order valence-electron chi connectivity index (χ0n) is 15.8. The Balaban J connectivity index is 2.70. The van der Waals surface area contributed by atoms with Crippen molar-refractivity contribution in [3.05, 3.63) is 54.1 Å². The summed E-state index contributed by atoms with van der Waals surface area (Å²) in [6.45, 7) is 18.6. The molecular formula is C22H32Si. The van der Waals surface area contributed by atoms with Gasteiger partial charge >= 0.3 is 0 Å². The highest BCUT2D eigenvalue weighted by molar-refractivity contribution is 6.93. The van der Waals surface area contributed by atoms with Crippen LogP contribution in [0.5, 0.6) is 0 Å². The van der Waals surface area contributed by atoms with Crippen molar-refractivity contribution in [1.29, 1.82) is 0 Å². The normalized spacial score (nSPS) is 12.6. The van der Waals surface area contributed by atoms with Crippen LogP contribution in [0.2, 0.25) is 18.1 Å². The maximum absolute atomic E-state index is 3.89. The van der Waals surface area contributed by atoms with Gasteiger partial charge in [0.1, 0.15) is 0 Å². The Hall–Kier alpha value is -1.34. The molecule has 0 N–H and O–H groups in total. The van der Waals surface area contributed by atoms with E-state index >= 15 is 0 Å². The second-order valence-electron chi connectivity index (χ2n) is 8.27. The minimum Gasteiger partial charge on any atom is -0.103 e. The summed E-state index contributed by atoms with van der Waals surface area (Å²) in [5.74, 6) is 0. The molecule has 0 aromatic heterocycles. The number of unbranched alkanes of at least 4 members (excludes halogenated alkanes) is 1. The third-order valence-electron chi connectivity index (χ3n) is 5.78. The lowest BCUT2D eigenvalue weighted by atomic mass is 10.0. The van der Waals surface area contributed by atoms with Gasteiger partial charge in [-0.15, -0.1) is 6.58 Å². The molecule has 0 fully saturated rings. The summed E-state index contributed by atoms with van der Waals surface area (Å²) < 4.78 is 0. The van der Waals surface area contributed by atoms with E-state index in [-0.39, 0.29) is 0 Å². The Bertz CT molecular complexity index is 658. The molecule has 0 atom stereocenters. The molecule has 0 bridgehead atoms. The van der Waals surface area contributed by atoms with Crippen LogP contribution in [0.4, 0.5) is 0 Å². The van der Waals surface area contributed by atoms with E-state index in [0.717, 1.165) is 6.42 Å². The third kappa shape index (κ3) is 3.30. The number of hydrogen-bond donors (Lipinski definition) is 0. The molecule has 124 valence electrons. The SMILES string of the molecule is C=CCCCc1c2cccccc-2c(C)c1[Si](C)(C)C(C)(C)C. The Labute approximate surface area is 144 Å². The van der Waals surface area contributed by atoms with Gasteiger partial charge in [0.05, 0.1) is 8.07 Å². The summed E-state index contributed by atoms with van der Waals surface area (Å²) in [6, 6.07) is 11.1. The van der Waals surface area contributed by atoms with E-state index in [2.05, 4.69) is 77.7 Å². The molecule has 0 aromatic rings. The lowest BCUT2D eigenvalue weighted by Crippen LogP contribution is -2.51. The Morgan fingerprint density at radius 2 is 1.65 bits per heavy atom. The predicted molar refractivity (Wildman–Crippen MR) is 108 cm³/mol. The number of fused-ring (bicyclic) bond motifs is 1. The van der Waals surface area contributed by atoms with E-state index in [4.69, 9.17) is 0 Å². The van der Waals surface area contributed by atoms with Crippen LogP contribution in [0.15, 0.2) is 43.0 Å². The molecule has 0 aliphatic heterocycles. The van der Waals surface area contributed by atoms with Gasteiger partial charge in [0, 0.05) is 0 Å². The highest BCUT2D eigenvalue weighted by atomic mass is 28.3. The first-order chi connectivity index (χ1) is 10.7. The zero-order chi connectivity index (χ0) is 17.3. The summed E-state index contributed by atoms with van der Waals surface area (Å²) in [7, 11) is -1.57. The van der Waals surface area contributed by atoms with E-state index < -0.39 is 8.07 Å². The first kappa shape index (κ1) is 18.0. The van der Waals surface area contributed by atoms with Crippen molar-refractivity contribution >= 4 is 13.3 Å². The van der Waals surface area contributed by atoms with Crippen LogP contribution in [0.25, 0.3) is 11.1 Å². The second-order valence-corrected chi connectivity index (χ2v) is 13.5. The van der Waals surface area contributed by atoms with Crippen molar-refractivity contribution in [2.45, 2.75) is 65.1 Å². The highest BCUT2D eigenvalue weighted by Crippen LogP contribution is 2.41. The molecule has 0 nitrogen and oxygen atoms in total. The van der Waals surface area contributed by atoms with Crippen LogP contribution in [0, 0.1) is 6.92 Å². The first-order valence-corrected chi connectivity index (χ1v) is 11.8. The highest BCUT2D eigenvalue weighted by Gasteiger charge is 2.41. The standard InChI is InChI=1S/C22H32Si/c1-8-9-11-16-20-19-15-13-10-12-14-18(19)17(2)21(20)23(6,7)22(3,4)5/h8,10,12-15H,1,9,11,16H2,2-7H3. The molecule has 0 amide bonds. The van der Waals surface area contributed by atoms with Gasteiger partial charge in [0.15, 0.2) is 0 Å². The fraction of sp³-hybridized carbons (Fsp3) is 0.455. The van der Waals surface area contributed by atoms with Crippen LogP contribution >= 0.6 is 0 Å². The van der Waals surface area contributed by atoms with Crippen molar-refractivity contribution in [2.24, 2.45) is 0 Å². The van der Waals surface area contributed by atoms with Gasteiger partial charge in [-0.1, -0.05) is 75.5 Å².